The summed E-state index contributed by atoms with van der Waals surface area (Å²) in [6.07, 6.45) is 3.79. The third-order valence-electron chi connectivity index (χ3n) is 5.40. The average molecular weight is 457 g/mol. The lowest BCUT2D eigenvalue weighted by Gasteiger charge is -2.22. The van der Waals surface area contributed by atoms with Crippen molar-refractivity contribution in [1.82, 2.24) is 10.3 Å². The number of amides is 1. The largest absolute Gasteiger partial charge is 0.489 e. The molecule has 4 rings (SSSR count). The molecule has 0 saturated carbocycles. The van der Waals surface area contributed by atoms with Gasteiger partial charge in [0.1, 0.15) is 12.4 Å². The maximum atomic E-state index is 13.0. The monoisotopic (exact) mass is 456 g/mol. The fourth-order valence-corrected chi connectivity index (χ4v) is 3.93. The fraction of sp³-hybridized carbons (Fsp3) is 0.143. The lowest BCUT2D eigenvalue weighted by atomic mass is 9.94. The van der Waals surface area contributed by atoms with Gasteiger partial charge in [-0.15, -0.1) is 0 Å². The Morgan fingerprint density at radius 3 is 2.45 bits per heavy atom. The van der Waals surface area contributed by atoms with E-state index in [4.69, 9.17) is 16.3 Å². The normalized spacial score (nSPS) is 11.6. The number of carbonyl (C=O) groups excluding carboxylic acids is 1. The number of benzene rings is 3. The predicted octanol–water partition coefficient (Wildman–Crippen LogP) is 6.07. The Morgan fingerprint density at radius 2 is 1.76 bits per heavy atom. The molecule has 1 N–H and O–H groups in total. The summed E-state index contributed by atoms with van der Waals surface area (Å²) in [5.41, 5.74) is 5.01. The van der Waals surface area contributed by atoms with Gasteiger partial charge < -0.3 is 10.1 Å². The molecule has 1 aromatic heterocycles. The van der Waals surface area contributed by atoms with Crippen LogP contribution in [0.5, 0.6) is 5.75 Å². The van der Waals surface area contributed by atoms with Crippen molar-refractivity contribution < 1.29 is 9.53 Å². The van der Waals surface area contributed by atoms with Gasteiger partial charge in [0.15, 0.2) is 0 Å². The zero-order chi connectivity index (χ0) is 23.0. The maximum absolute atomic E-state index is 13.0. The van der Waals surface area contributed by atoms with Crippen LogP contribution >= 0.6 is 11.6 Å². The minimum absolute atomic E-state index is 0.0535. The molecule has 0 spiro atoms. The van der Waals surface area contributed by atoms with Crippen LogP contribution in [0.15, 0.2) is 97.3 Å². The van der Waals surface area contributed by atoms with E-state index in [1.54, 1.807) is 12.4 Å². The van der Waals surface area contributed by atoms with E-state index in [2.05, 4.69) is 10.3 Å². The molecule has 0 aliphatic rings. The van der Waals surface area contributed by atoms with E-state index in [9.17, 15) is 4.79 Å². The number of aryl methyl sites for hydroxylation is 1. The summed E-state index contributed by atoms with van der Waals surface area (Å²) in [7, 11) is 0. The van der Waals surface area contributed by atoms with Crippen molar-refractivity contribution in [2.75, 3.05) is 0 Å². The van der Waals surface area contributed by atoms with Gasteiger partial charge >= 0.3 is 0 Å². The van der Waals surface area contributed by atoms with Gasteiger partial charge in [0.2, 0.25) is 5.91 Å². The van der Waals surface area contributed by atoms with Crippen molar-refractivity contribution in [2.45, 2.75) is 26.0 Å². The average Bonchev–Trinajstić information content (AvgIpc) is 2.84. The molecule has 0 bridgehead atoms. The molecule has 1 atom stereocenters. The Morgan fingerprint density at radius 1 is 0.970 bits per heavy atom. The Labute approximate surface area is 199 Å². The number of halogens is 1. The molecule has 5 heteroatoms. The first kappa shape index (κ1) is 22.6. The van der Waals surface area contributed by atoms with Crippen LogP contribution < -0.4 is 10.1 Å². The zero-order valence-corrected chi connectivity index (χ0v) is 19.1. The highest BCUT2D eigenvalue weighted by atomic mass is 35.5. The molecule has 4 nitrogen and oxygen atoms in total. The first-order chi connectivity index (χ1) is 16.1. The van der Waals surface area contributed by atoms with Crippen LogP contribution in [0.3, 0.4) is 0 Å². The summed E-state index contributed by atoms with van der Waals surface area (Å²) >= 11 is 6.15. The number of rotatable bonds is 8. The molecular weight excluding hydrogens is 432 g/mol. The molecule has 1 heterocycles. The van der Waals surface area contributed by atoms with E-state index < -0.39 is 0 Å². The standard InChI is InChI=1S/C28H25ClN2O2/c1-20-16-24(29)11-14-26(20)28(23-7-3-2-4-8-23)31-27(32)17-21-9-12-25(13-10-21)33-19-22-6-5-15-30-18-22/h2-16,18,28H,17,19H2,1H3,(H,31,32). The summed E-state index contributed by atoms with van der Waals surface area (Å²) in [5, 5.41) is 3.88. The minimum atomic E-state index is -0.252. The van der Waals surface area contributed by atoms with Gasteiger partial charge in [-0.2, -0.15) is 0 Å². The van der Waals surface area contributed by atoms with Crippen LogP contribution in [0, 0.1) is 6.92 Å². The van der Waals surface area contributed by atoms with Crippen molar-refractivity contribution in [3.8, 4) is 5.75 Å². The van der Waals surface area contributed by atoms with Crippen molar-refractivity contribution in [3.63, 3.8) is 0 Å². The molecule has 1 unspecified atom stereocenters. The highest BCUT2D eigenvalue weighted by molar-refractivity contribution is 6.30. The van der Waals surface area contributed by atoms with Crippen LogP contribution in [0.2, 0.25) is 5.02 Å². The van der Waals surface area contributed by atoms with Gasteiger partial charge in [-0.3, -0.25) is 9.78 Å². The van der Waals surface area contributed by atoms with Crippen LogP contribution in [0.4, 0.5) is 0 Å². The molecule has 0 aliphatic carbocycles. The van der Waals surface area contributed by atoms with Gasteiger partial charge in [-0.05, 0) is 59.5 Å². The molecule has 0 fully saturated rings. The SMILES string of the molecule is Cc1cc(Cl)ccc1C(NC(=O)Cc1ccc(OCc2cccnc2)cc1)c1ccccc1. The third kappa shape index (κ3) is 6.21. The molecule has 3 aromatic carbocycles. The second-order valence-corrected chi connectivity index (χ2v) is 8.32. The first-order valence-electron chi connectivity index (χ1n) is 10.8. The van der Waals surface area contributed by atoms with Crippen molar-refractivity contribution >= 4 is 17.5 Å². The molecule has 166 valence electrons. The maximum Gasteiger partial charge on any atom is 0.225 e. The predicted molar refractivity (Wildman–Crippen MR) is 131 cm³/mol. The van der Waals surface area contributed by atoms with Gasteiger partial charge in [-0.25, -0.2) is 0 Å². The van der Waals surface area contributed by atoms with Gasteiger partial charge in [0, 0.05) is 23.0 Å². The molecular formula is C28H25ClN2O2. The number of carbonyl (C=O) groups is 1. The second kappa shape index (κ2) is 10.8. The van der Waals surface area contributed by atoms with E-state index in [0.29, 0.717) is 11.6 Å². The lowest BCUT2D eigenvalue weighted by Crippen LogP contribution is -2.31. The molecule has 1 amide bonds. The van der Waals surface area contributed by atoms with E-state index in [1.165, 1.54) is 0 Å². The topological polar surface area (TPSA) is 51.2 Å². The van der Waals surface area contributed by atoms with E-state index in [1.807, 2.05) is 91.9 Å². The molecule has 0 aliphatic heterocycles. The van der Waals surface area contributed by atoms with Crippen LogP contribution in [-0.4, -0.2) is 10.9 Å². The van der Waals surface area contributed by atoms with Gasteiger partial charge in [0.05, 0.1) is 12.5 Å². The summed E-state index contributed by atoms with van der Waals surface area (Å²) in [6, 6.07) is 26.9. The number of pyridine rings is 1. The minimum Gasteiger partial charge on any atom is -0.489 e. The number of hydrogen-bond acceptors (Lipinski definition) is 3. The molecule has 0 saturated heterocycles. The summed E-state index contributed by atoms with van der Waals surface area (Å²) in [5.74, 6) is 0.698. The van der Waals surface area contributed by atoms with Gasteiger partial charge in [-0.1, -0.05) is 66.2 Å². The Hall–Kier alpha value is -3.63. The number of nitrogens with one attached hydrogen (secondary N) is 1. The number of hydrogen-bond donors (Lipinski definition) is 1. The highest BCUT2D eigenvalue weighted by Crippen LogP contribution is 2.27. The Bertz CT molecular complexity index is 1200. The van der Waals surface area contributed by atoms with Crippen LogP contribution in [0.25, 0.3) is 0 Å². The highest BCUT2D eigenvalue weighted by Gasteiger charge is 2.19. The summed E-state index contributed by atoms with van der Waals surface area (Å²) < 4.78 is 5.80. The Kier molecular flexibility index (Phi) is 7.38. The number of aromatic nitrogens is 1. The molecule has 0 radical (unpaired) electrons. The summed E-state index contributed by atoms with van der Waals surface area (Å²) in [6.45, 7) is 2.46. The smallest absolute Gasteiger partial charge is 0.225 e. The second-order valence-electron chi connectivity index (χ2n) is 7.88. The van der Waals surface area contributed by atoms with Crippen molar-refractivity contribution in [2.24, 2.45) is 0 Å². The van der Waals surface area contributed by atoms with Gasteiger partial charge in [0.25, 0.3) is 0 Å². The van der Waals surface area contributed by atoms with Crippen molar-refractivity contribution in [1.29, 1.82) is 0 Å². The van der Waals surface area contributed by atoms with Crippen molar-refractivity contribution in [3.05, 3.63) is 130 Å². The number of nitrogens with zero attached hydrogens (tertiary/aromatic N) is 1. The van der Waals surface area contributed by atoms with Crippen LogP contribution in [0.1, 0.15) is 33.9 Å². The Balaban J connectivity index is 1.43. The lowest BCUT2D eigenvalue weighted by molar-refractivity contribution is -0.120. The fourth-order valence-electron chi connectivity index (χ4n) is 3.70. The molecule has 33 heavy (non-hydrogen) atoms. The quantitative estimate of drug-likeness (QED) is 0.350. The summed E-state index contributed by atoms with van der Waals surface area (Å²) in [4.78, 5) is 17.1. The first-order valence-corrected chi connectivity index (χ1v) is 11.2. The van der Waals surface area contributed by atoms with E-state index in [0.717, 1.165) is 33.6 Å². The zero-order valence-electron chi connectivity index (χ0n) is 18.4. The van der Waals surface area contributed by atoms with E-state index in [-0.39, 0.29) is 18.4 Å². The van der Waals surface area contributed by atoms with Crippen LogP contribution in [-0.2, 0) is 17.8 Å². The number of ether oxygens (including phenoxy) is 1. The third-order valence-corrected chi connectivity index (χ3v) is 5.63. The molecule has 4 aromatic rings. The van der Waals surface area contributed by atoms with E-state index >= 15 is 0 Å².